The molecule has 0 unspecified atom stereocenters. The summed E-state index contributed by atoms with van der Waals surface area (Å²) >= 11 is 6.32. The SMILES string of the molecule is NCc1cccc(Cl)c1N1CCn2ccnc2C1. The highest BCUT2D eigenvalue weighted by Gasteiger charge is 2.20. The van der Waals surface area contributed by atoms with Crippen LogP contribution in [-0.2, 0) is 19.6 Å². The normalized spacial score (nSPS) is 14.7. The molecule has 94 valence electrons. The Kier molecular flexibility index (Phi) is 2.97. The summed E-state index contributed by atoms with van der Waals surface area (Å²) in [6.45, 7) is 3.15. The van der Waals surface area contributed by atoms with Crippen LogP contribution in [-0.4, -0.2) is 16.1 Å². The van der Waals surface area contributed by atoms with Crippen molar-refractivity contribution in [2.45, 2.75) is 19.6 Å². The Morgan fingerprint density at radius 3 is 3.06 bits per heavy atom. The molecule has 1 aromatic heterocycles. The minimum absolute atomic E-state index is 0.501. The maximum Gasteiger partial charge on any atom is 0.128 e. The Morgan fingerprint density at radius 2 is 2.22 bits per heavy atom. The fraction of sp³-hybridized carbons (Fsp3) is 0.308. The number of benzene rings is 1. The van der Waals surface area contributed by atoms with Crippen molar-refractivity contribution in [3.8, 4) is 0 Å². The number of imidazole rings is 1. The van der Waals surface area contributed by atoms with E-state index in [0.717, 1.165) is 41.7 Å². The van der Waals surface area contributed by atoms with Gasteiger partial charge in [0.1, 0.15) is 5.82 Å². The van der Waals surface area contributed by atoms with Crippen LogP contribution in [0.5, 0.6) is 0 Å². The number of hydrogen-bond acceptors (Lipinski definition) is 3. The molecule has 2 aromatic rings. The lowest BCUT2D eigenvalue weighted by molar-refractivity contribution is 0.559. The molecule has 1 aromatic carbocycles. The standard InChI is InChI=1S/C13H15ClN4/c14-11-3-1-2-10(8-15)13(11)18-7-6-17-5-4-16-12(17)9-18/h1-5H,6-9,15H2. The summed E-state index contributed by atoms with van der Waals surface area (Å²) in [6, 6.07) is 5.89. The predicted octanol–water partition coefficient (Wildman–Crippen LogP) is 2.02. The zero-order valence-electron chi connectivity index (χ0n) is 10.0. The molecule has 0 bridgehead atoms. The lowest BCUT2D eigenvalue weighted by Gasteiger charge is -2.31. The van der Waals surface area contributed by atoms with Gasteiger partial charge in [-0.15, -0.1) is 0 Å². The Hall–Kier alpha value is -1.52. The predicted molar refractivity (Wildman–Crippen MR) is 72.6 cm³/mol. The largest absolute Gasteiger partial charge is 0.361 e. The van der Waals surface area contributed by atoms with Crippen LogP contribution in [0.25, 0.3) is 0 Å². The maximum absolute atomic E-state index is 6.32. The van der Waals surface area contributed by atoms with Crippen molar-refractivity contribution in [1.29, 1.82) is 0 Å². The first-order chi connectivity index (χ1) is 8.79. The summed E-state index contributed by atoms with van der Waals surface area (Å²) in [7, 11) is 0. The molecule has 18 heavy (non-hydrogen) atoms. The summed E-state index contributed by atoms with van der Waals surface area (Å²) < 4.78 is 2.18. The number of hydrogen-bond donors (Lipinski definition) is 1. The minimum Gasteiger partial charge on any atom is -0.361 e. The summed E-state index contributed by atoms with van der Waals surface area (Å²) in [4.78, 5) is 6.62. The molecule has 0 atom stereocenters. The monoisotopic (exact) mass is 262 g/mol. The van der Waals surface area contributed by atoms with Crippen LogP contribution in [0, 0.1) is 0 Å². The van der Waals surface area contributed by atoms with Crippen LogP contribution in [0.15, 0.2) is 30.6 Å². The van der Waals surface area contributed by atoms with Gasteiger partial charge in [0.2, 0.25) is 0 Å². The van der Waals surface area contributed by atoms with E-state index in [9.17, 15) is 0 Å². The van der Waals surface area contributed by atoms with Gasteiger partial charge in [-0.3, -0.25) is 0 Å². The molecule has 4 nitrogen and oxygen atoms in total. The third kappa shape index (κ3) is 1.87. The molecule has 0 aliphatic carbocycles. The molecule has 0 saturated carbocycles. The second kappa shape index (κ2) is 4.63. The lowest BCUT2D eigenvalue weighted by atomic mass is 10.1. The van der Waals surface area contributed by atoms with Gasteiger partial charge in [0.25, 0.3) is 0 Å². The summed E-state index contributed by atoms with van der Waals surface area (Å²) in [5.41, 5.74) is 7.93. The first-order valence-corrected chi connectivity index (χ1v) is 6.40. The molecule has 2 N–H and O–H groups in total. The number of para-hydroxylation sites is 1. The van der Waals surface area contributed by atoms with E-state index in [0.29, 0.717) is 6.54 Å². The topological polar surface area (TPSA) is 47.1 Å². The van der Waals surface area contributed by atoms with Gasteiger partial charge in [-0.25, -0.2) is 4.98 Å². The van der Waals surface area contributed by atoms with Crippen molar-refractivity contribution in [3.63, 3.8) is 0 Å². The molecule has 0 amide bonds. The summed E-state index contributed by atoms with van der Waals surface area (Å²) in [6.07, 6.45) is 3.86. The fourth-order valence-corrected chi connectivity index (χ4v) is 2.76. The van der Waals surface area contributed by atoms with E-state index in [4.69, 9.17) is 17.3 Å². The lowest BCUT2D eigenvalue weighted by Crippen LogP contribution is -2.34. The van der Waals surface area contributed by atoms with E-state index in [-0.39, 0.29) is 0 Å². The molecule has 2 heterocycles. The van der Waals surface area contributed by atoms with Crippen LogP contribution < -0.4 is 10.6 Å². The number of rotatable bonds is 2. The van der Waals surface area contributed by atoms with Crippen molar-refractivity contribution in [1.82, 2.24) is 9.55 Å². The Balaban J connectivity index is 1.97. The van der Waals surface area contributed by atoms with Crippen molar-refractivity contribution in [3.05, 3.63) is 47.0 Å². The number of halogens is 1. The molecule has 5 heteroatoms. The Labute approximate surface area is 111 Å². The van der Waals surface area contributed by atoms with E-state index in [1.807, 2.05) is 30.6 Å². The number of nitrogens with two attached hydrogens (primary N) is 1. The van der Waals surface area contributed by atoms with E-state index in [1.54, 1.807) is 0 Å². The quantitative estimate of drug-likeness (QED) is 0.901. The number of aromatic nitrogens is 2. The van der Waals surface area contributed by atoms with E-state index < -0.39 is 0 Å². The van der Waals surface area contributed by atoms with Crippen LogP contribution in [0.2, 0.25) is 5.02 Å². The van der Waals surface area contributed by atoms with Crippen LogP contribution in [0.3, 0.4) is 0 Å². The third-order valence-electron chi connectivity index (χ3n) is 3.35. The third-order valence-corrected chi connectivity index (χ3v) is 3.66. The highest BCUT2D eigenvalue weighted by Crippen LogP contribution is 2.31. The van der Waals surface area contributed by atoms with Crippen LogP contribution in [0.1, 0.15) is 11.4 Å². The smallest absolute Gasteiger partial charge is 0.128 e. The number of nitrogens with zero attached hydrogens (tertiary/aromatic N) is 3. The average Bonchev–Trinajstić information content (AvgIpc) is 2.85. The molecule has 0 fully saturated rings. The fourth-order valence-electron chi connectivity index (χ4n) is 2.44. The van der Waals surface area contributed by atoms with Crippen molar-refractivity contribution >= 4 is 17.3 Å². The van der Waals surface area contributed by atoms with Gasteiger partial charge in [0, 0.05) is 32.0 Å². The second-order valence-electron chi connectivity index (χ2n) is 4.41. The molecule has 0 radical (unpaired) electrons. The summed E-state index contributed by atoms with van der Waals surface area (Å²) in [5, 5.41) is 0.762. The van der Waals surface area contributed by atoms with E-state index in [2.05, 4.69) is 14.5 Å². The molecule has 1 aliphatic rings. The average molecular weight is 263 g/mol. The van der Waals surface area contributed by atoms with Crippen LogP contribution >= 0.6 is 11.6 Å². The minimum atomic E-state index is 0.501. The molecular formula is C13H15ClN4. The highest BCUT2D eigenvalue weighted by atomic mass is 35.5. The highest BCUT2D eigenvalue weighted by molar-refractivity contribution is 6.33. The van der Waals surface area contributed by atoms with Crippen LogP contribution in [0.4, 0.5) is 5.69 Å². The van der Waals surface area contributed by atoms with Crippen molar-refractivity contribution in [2.75, 3.05) is 11.4 Å². The number of anilines is 1. The Bertz CT molecular complexity index is 564. The second-order valence-corrected chi connectivity index (χ2v) is 4.82. The van der Waals surface area contributed by atoms with E-state index >= 15 is 0 Å². The zero-order chi connectivity index (χ0) is 12.5. The number of fused-ring (bicyclic) bond motifs is 1. The first kappa shape index (κ1) is 11.6. The molecular weight excluding hydrogens is 248 g/mol. The van der Waals surface area contributed by atoms with Gasteiger partial charge in [-0.2, -0.15) is 0 Å². The van der Waals surface area contributed by atoms with Gasteiger partial charge in [0.15, 0.2) is 0 Å². The van der Waals surface area contributed by atoms with Gasteiger partial charge in [0.05, 0.1) is 17.3 Å². The van der Waals surface area contributed by atoms with Gasteiger partial charge < -0.3 is 15.2 Å². The molecule has 0 saturated heterocycles. The first-order valence-electron chi connectivity index (χ1n) is 6.02. The van der Waals surface area contributed by atoms with E-state index in [1.165, 1.54) is 0 Å². The molecule has 3 rings (SSSR count). The summed E-state index contributed by atoms with van der Waals surface area (Å²) in [5.74, 6) is 1.07. The van der Waals surface area contributed by atoms with Crippen molar-refractivity contribution < 1.29 is 0 Å². The maximum atomic E-state index is 6.32. The van der Waals surface area contributed by atoms with Gasteiger partial charge in [-0.1, -0.05) is 23.7 Å². The molecule has 0 spiro atoms. The molecule has 1 aliphatic heterocycles. The Morgan fingerprint density at radius 1 is 1.33 bits per heavy atom. The van der Waals surface area contributed by atoms with Crippen molar-refractivity contribution in [2.24, 2.45) is 5.73 Å². The van der Waals surface area contributed by atoms with Gasteiger partial charge >= 0.3 is 0 Å². The van der Waals surface area contributed by atoms with Gasteiger partial charge in [-0.05, 0) is 11.6 Å². The zero-order valence-corrected chi connectivity index (χ0v) is 10.8.